The zero-order chi connectivity index (χ0) is 26.4. The van der Waals surface area contributed by atoms with Gasteiger partial charge in [-0.2, -0.15) is 0 Å². The first-order valence-electron chi connectivity index (χ1n) is 11.1. The van der Waals surface area contributed by atoms with Crippen molar-refractivity contribution in [3.8, 4) is 5.75 Å². The number of aliphatic carboxylic acids is 2. The summed E-state index contributed by atoms with van der Waals surface area (Å²) in [6.45, 7) is 0.0416. The Labute approximate surface area is 202 Å². The molecule has 0 fully saturated rings. The molecular formula is C22H33N5O8. The number of hydrogen-bond acceptors (Lipinski definition) is 8. The van der Waals surface area contributed by atoms with Crippen molar-refractivity contribution in [2.45, 2.75) is 56.7 Å². The minimum absolute atomic E-state index is 0.0112. The Morgan fingerprint density at radius 2 is 1.40 bits per heavy atom. The lowest BCUT2D eigenvalue weighted by Crippen LogP contribution is -2.56. The Kier molecular flexibility index (Phi) is 12.8. The molecule has 0 radical (unpaired) electrons. The third kappa shape index (κ3) is 11.3. The van der Waals surface area contributed by atoms with Crippen LogP contribution in [0, 0.1) is 0 Å². The van der Waals surface area contributed by atoms with Gasteiger partial charge in [-0.1, -0.05) is 12.1 Å². The van der Waals surface area contributed by atoms with E-state index < -0.39 is 54.2 Å². The van der Waals surface area contributed by atoms with Crippen molar-refractivity contribution in [2.24, 2.45) is 11.5 Å². The number of carboxylic acids is 2. The number of unbranched alkanes of at least 4 members (excludes halogenated alkanes) is 1. The number of amides is 3. The van der Waals surface area contributed by atoms with Gasteiger partial charge in [-0.25, -0.2) is 4.79 Å². The van der Waals surface area contributed by atoms with E-state index in [1.165, 1.54) is 24.3 Å². The second kappa shape index (κ2) is 15.2. The average molecular weight is 496 g/mol. The second-order valence-corrected chi connectivity index (χ2v) is 7.87. The molecule has 10 N–H and O–H groups in total. The predicted octanol–water partition coefficient (Wildman–Crippen LogP) is -1.57. The molecular weight excluding hydrogens is 462 g/mol. The Morgan fingerprint density at radius 3 is 1.94 bits per heavy atom. The minimum atomic E-state index is -1.49. The maximum Gasteiger partial charge on any atom is 0.326 e. The summed E-state index contributed by atoms with van der Waals surface area (Å²) in [6, 6.07) is 2.06. The number of phenols is 1. The Morgan fingerprint density at radius 1 is 0.800 bits per heavy atom. The Bertz CT molecular complexity index is 877. The van der Waals surface area contributed by atoms with Crippen LogP contribution in [-0.2, 0) is 30.4 Å². The Hall–Kier alpha value is -3.71. The van der Waals surface area contributed by atoms with Gasteiger partial charge in [0, 0.05) is 12.8 Å². The maximum absolute atomic E-state index is 13.0. The van der Waals surface area contributed by atoms with Crippen LogP contribution < -0.4 is 27.4 Å². The highest BCUT2D eigenvalue weighted by atomic mass is 16.4. The van der Waals surface area contributed by atoms with Crippen LogP contribution in [0.15, 0.2) is 24.3 Å². The number of nitrogens with one attached hydrogen (secondary N) is 3. The van der Waals surface area contributed by atoms with Gasteiger partial charge in [0.1, 0.15) is 23.9 Å². The van der Waals surface area contributed by atoms with E-state index in [1.54, 1.807) is 0 Å². The summed E-state index contributed by atoms with van der Waals surface area (Å²) in [5, 5.41) is 35.0. The summed E-state index contributed by atoms with van der Waals surface area (Å²) in [5.74, 6) is -4.77. The highest BCUT2D eigenvalue weighted by Gasteiger charge is 2.29. The predicted molar refractivity (Wildman–Crippen MR) is 124 cm³/mol. The highest BCUT2D eigenvalue weighted by Crippen LogP contribution is 2.12. The number of hydrogen-bond donors (Lipinski definition) is 8. The third-order valence-electron chi connectivity index (χ3n) is 5.05. The zero-order valence-corrected chi connectivity index (χ0v) is 19.2. The molecule has 0 aromatic heterocycles. The van der Waals surface area contributed by atoms with Crippen molar-refractivity contribution >= 4 is 29.7 Å². The Balaban J connectivity index is 3.09. The van der Waals surface area contributed by atoms with Gasteiger partial charge in [-0.15, -0.1) is 0 Å². The van der Waals surface area contributed by atoms with Gasteiger partial charge in [0.25, 0.3) is 0 Å². The summed E-state index contributed by atoms with van der Waals surface area (Å²) in [7, 11) is 0. The van der Waals surface area contributed by atoms with Crippen LogP contribution >= 0.6 is 0 Å². The van der Waals surface area contributed by atoms with Gasteiger partial charge < -0.3 is 42.7 Å². The van der Waals surface area contributed by atoms with Gasteiger partial charge in [0.05, 0.1) is 6.54 Å². The first kappa shape index (κ1) is 29.3. The maximum atomic E-state index is 13.0. The molecule has 35 heavy (non-hydrogen) atoms. The van der Waals surface area contributed by atoms with Crippen LogP contribution in [0.2, 0.25) is 0 Å². The molecule has 0 aliphatic carbocycles. The molecule has 3 amide bonds. The molecule has 1 rings (SSSR count). The molecule has 1 aromatic rings. The van der Waals surface area contributed by atoms with Gasteiger partial charge in [-0.05, 0) is 49.9 Å². The molecule has 194 valence electrons. The summed E-state index contributed by atoms with van der Waals surface area (Å²) >= 11 is 0. The third-order valence-corrected chi connectivity index (χ3v) is 5.05. The normalized spacial score (nSPS) is 13.2. The SMILES string of the molecule is NCCCCC(NC(=O)CN)C(=O)NC(Cc1ccc(O)cc1)C(=O)NC(CCC(=O)O)C(=O)O. The van der Waals surface area contributed by atoms with Gasteiger partial charge in [0.2, 0.25) is 17.7 Å². The number of phenolic OH excluding ortho intramolecular Hbond substituents is 1. The largest absolute Gasteiger partial charge is 0.508 e. The summed E-state index contributed by atoms with van der Waals surface area (Å²) < 4.78 is 0. The lowest BCUT2D eigenvalue weighted by molar-refractivity contribution is -0.143. The van der Waals surface area contributed by atoms with Crippen LogP contribution in [0.25, 0.3) is 0 Å². The van der Waals surface area contributed by atoms with E-state index >= 15 is 0 Å². The van der Waals surface area contributed by atoms with E-state index in [2.05, 4.69) is 16.0 Å². The molecule has 0 spiro atoms. The molecule has 0 saturated heterocycles. The molecule has 0 saturated carbocycles. The fourth-order valence-corrected chi connectivity index (χ4v) is 3.16. The second-order valence-electron chi connectivity index (χ2n) is 7.87. The molecule has 1 aromatic carbocycles. The van der Waals surface area contributed by atoms with Crippen LogP contribution in [0.4, 0.5) is 0 Å². The first-order chi connectivity index (χ1) is 16.6. The van der Waals surface area contributed by atoms with E-state index in [-0.39, 0.29) is 31.6 Å². The van der Waals surface area contributed by atoms with E-state index in [9.17, 15) is 34.2 Å². The molecule has 3 atom stereocenters. The van der Waals surface area contributed by atoms with E-state index in [1.807, 2.05) is 0 Å². The molecule has 0 bridgehead atoms. The fourth-order valence-electron chi connectivity index (χ4n) is 3.16. The molecule has 0 aliphatic heterocycles. The van der Waals surface area contributed by atoms with Crippen molar-refractivity contribution in [1.29, 1.82) is 0 Å². The van der Waals surface area contributed by atoms with Gasteiger partial charge in [-0.3, -0.25) is 19.2 Å². The monoisotopic (exact) mass is 495 g/mol. The van der Waals surface area contributed by atoms with Crippen molar-refractivity contribution < 1.29 is 39.3 Å². The quantitative estimate of drug-likeness (QED) is 0.123. The molecule has 3 unspecified atom stereocenters. The standard InChI is InChI=1S/C22H33N5O8/c23-10-2-1-3-15(25-18(29)12-24)20(32)27-17(11-13-4-6-14(28)7-5-13)21(33)26-16(22(34)35)8-9-19(30)31/h4-7,15-17,28H,1-3,8-12,23-24H2,(H,25,29)(H,26,33)(H,27,32)(H,30,31)(H,34,35). The summed E-state index contributed by atoms with van der Waals surface area (Å²) in [6.07, 6.45) is 0.446. The van der Waals surface area contributed by atoms with Crippen LogP contribution in [0.1, 0.15) is 37.7 Å². The minimum Gasteiger partial charge on any atom is -0.508 e. The lowest BCUT2D eigenvalue weighted by Gasteiger charge is -2.24. The van der Waals surface area contributed by atoms with E-state index in [4.69, 9.17) is 16.6 Å². The number of rotatable bonds is 16. The first-order valence-corrected chi connectivity index (χ1v) is 11.1. The van der Waals surface area contributed by atoms with Gasteiger partial charge in [0.15, 0.2) is 0 Å². The topological polar surface area (TPSA) is 234 Å². The zero-order valence-electron chi connectivity index (χ0n) is 19.2. The molecule has 0 aliphatic rings. The average Bonchev–Trinajstić information content (AvgIpc) is 2.81. The number of nitrogens with two attached hydrogens (primary N) is 2. The molecule has 0 heterocycles. The summed E-state index contributed by atoms with van der Waals surface area (Å²) in [4.78, 5) is 60.1. The number of aromatic hydroxyl groups is 1. The number of carbonyl (C=O) groups excluding carboxylic acids is 3. The van der Waals surface area contributed by atoms with Crippen LogP contribution in [0.5, 0.6) is 5.75 Å². The number of carboxylic acid groups (broad SMARTS) is 2. The van der Waals surface area contributed by atoms with Gasteiger partial charge >= 0.3 is 11.9 Å². The molecule has 13 heteroatoms. The fraction of sp³-hybridized carbons (Fsp3) is 0.500. The molecule has 13 nitrogen and oxygen atoms in total. The van der Waals surface area contributed by atoms with Crippen LogP contribution in [0.3, 0.4) is 0 Å². The highest BCUT2D eigenvalue weighted by molar-refractivity contribution is 5.93. The van der Waals surface area contributed by atoms with Crippen molar-refractivity contribution in [2.75, 3.05) is 13.1 Å². The number of carbonyl (C=O) groups is 5. The van der Waals surface area contributed by atoms with Crippen molar-refractivity contribution in [1.82, 2.24) is 16.0 Å². The summed E-state index contributed by atoms with van der Waals surface area (Å²) in [5.41, 5.74) is 11.4. The smallest absolute Gasteiger partial charge is 0.326 e. The van der Waals surface area contributed by atoms with Crippen molar-refractivity contribution in [3.63, 3.8) is 0 Å². The van der Waals surface area contributed by atoms with Crippen LogP contribution in [-0.4, -0.2) is 76.2 Å². The number of benzene rings is 1. The lowest BCUT2D eigenvalue weighted by atomic mass is 10.0. The van der Waals surface area contributed by atoms with Crippen molar-refractivity contribution in [3.05, 3.63) is 29.8 Å². The van der Waals surface area contributed by atoms with E-state index in [0.717, 1.165) is 0 Å². The van der Waals surface area contributed by atoms with E-state index in [0.29, 0.717) is 24.9 Å².